The molecule has 41 heavy (non-hydrogen) atoms. The number of imide groups is 1. The smallest absolute Gasteiger partial charge is 0.274 e. The lowest BCUT2D eigenvalue weighted by Crippen LogP contribution is -2.54. The normalized spacial score (nSPS) is 23.7. The number of hydrogen-bond donors (Lipinski definition) is 1. The second-order valence-corrected chi connectivity index (χ2v) is 10.2. The van der Waals surface area contributed by atoms with Crippen molar-refractivity contribution in [3.05, 3.63) is 135 Å². The van der Waals surface area contributed by atoms with E-state index in [1.165, 1.54) is 30.6 Å². The molecular formula is C31H21N5O5. The summed E-state index contributed by atoms with van der Waals surface area (Å²) < 4.78 is 0. The highest BCUT2D eigenvalue weighted by molar-refractivity contribution is 6.25. The number of nitro groups is 1. The topological polar surface area (TPSA) is 135 Å². The van der Waals surface area contributed by atoms with Gasteiger partial charge in [-0.25, -0.2) is 10.3 Å². The zero-order valence-electron chi connectivity index (χ0n) is 21.4. The summed E-state index contributed by atoms with van der Waals surface area (Å²) in [7, 11) is 0. The highest BCUT2D eigenvalue weighted by Crippen LogP contribution is 2.63. The number of para-hydroxylation sites is 2. The molecule has 1 aliphatic heterocycles. The van der Waals surface area contributed by atoms with Crippen molar-refractivity contribution in [1.29, 1.82) is 0 Å². The SMILES string of the molecule is O=C(N/N=C\C12c3ccccc3C(c3ccccc31)[C@H]1C(=O)N(c3ccccc3[N+](=O)[O-])C(=O)[C@@H]12)c1ccncc1. The summed E-state index contributed by atoms with van der Waals surface area (Å²) in [5.41, 5.74) is 4.67. The third kappa shape index (κ3) is 3.33. The van der Waals surface area contributed by atoms with E-state index >= 15 is 0 Å². The maximum Gasteiger partial charge on any atom is 0.293 e. The van der Waals surface area contributed by atoms with E-state index in [9.17, 15) is 24.5 Å². The molecule has 0 saturated carbocycles. The molecule has 3 aromatic carbocycles. The van der Waals surface area contributed by atoms with Crippen LogP contribution in [0.3, 0.4) is 0 Å². The molecule has 10 heteroatoms. The van der Waals surface area contributed by atoms with Gasteiger partial charge in [0.05, 0.1) is 22.2 Å². The van der Waals surface area contributed by atoms with Crippen LogP contribution in [0, 0.1) is 22.0 Å². The van der Waals surface area contributed by atoms with Crippen molar-refractivity contribution in [2.24, 2.45) is 16.9 Å². The Hall–Kier alpha value is -5.51. The molecule has 2 atom stereocenters. The Labute approximate surface area is 233 Å². The van der Waals surface area contributed by atoms with E-state index in [0.29, 0.717) is 5.56 Å². The fourth-order valence-electron chi connectivity index (χ4n) is 6.86. The Morgan fingerprint density at radius 2 is 1.51 bits per heavy atom. The highest BCUT2D eigenvalue weighted by atomic mass is 16.6. The average molecular weight is 544 g/mol. The van der Waals surface area contributed by atoms with Gasteiger partial charge >= 0.3 is 0 Å². The van der Waals surface area contributed by atoms with Crippen molar-refractivity contribution < 1.29 is 19.3 Å². The van der Waals surface area contributed by atoms with Gasteiger partial charge in [-0.05, 0) is 40.5 Å². The molecule has 0 spiro atoms. The van der Waals surface area contributed by atoms with Crippen LogP contribution in [-0.4, -0.2) is 33.8 Å². The molecule has 8 rings (SSSR count). The van der Waals surface area contributed by atoms with E-state index in [2.05, 4.69) is 15.5 Å². The molecule has 1 N–H and O–H groups in total. The van der Waals surface area contributed by atoms with Crippen LogP contribution in [0.25, 0.3) is 0 Å². The number of hydrogen-bond acceptors (Lipinski definition) is 7. The van der Waals surface area contributed by atoms with Gasteiger partial charge in [-0.1, -0.05) is 60.7 Å². The van der Waals surface area contributed by atoms with Gasteiger partial charge < -0.3 is 0 Å². The zero-order valence-corrected chi connectivity index (χ0v) is 21.4. The van der Waals surface area contributed by atoms with Gasteiger partial charge in [-0.2, -0.15) is 5.10 Å². The molecule has 4 aromatic rings. The van der Waals surface area contributed by atoms with Crippen LogP contribution in [-0.2, 0) is 15.0 Å². The van der Waals surface area contributed by atoms with E-state index in [-0.39, 0.29) is 11.4 Å². The summed E-state index contributed by atoms with van der Waals surface area (Å²) in [5, 5.41) is 16.2. The largest absolute Gasteiger partial charge is 0.293 e. The summed E-state index contributed by atoms with van der Waals surface area (Å²) >= 11 is 0. The predicted octanol–water partition coefficient (Wildman–Crippen LogP) is 3.96. The molecular weight excluding hydrogens is 522 g/mol. The molecule has 10 nitrogen and oxygen atoms in total. The quantitative estimate of drug-likeness (QED) is 0.175. The van der Waals surface area contributed by atoms with Gasteiger partial charge in [0.2, 0.25) is 11.8 Å². The number of hydrazone groups is 1. The first-order chi connectivity index (χ1) is 19.9. The lowest BCUT2D eigenvalue weighted by atomic mass is 9.47. The number of nitrogens with one attached hydrogen (secondary N) is 1. The van der Waals surface area contributed by atoms with Crippen LogP contribution in [0.2, 0.25) is 0 Å². The van der Waals surface area contributed by atoms with E-state index in [4.69, 9.17) is 0 Å². The summed E-state index contributed by atoms with van der Waals surface area (Å²) in [6, 6.07) is 24.1. The van der Waals surface area contributed by atoms with Crippen molar-refractivity contribution in [3.63, 3.8) is 0 Å². The van der Waals surface area contributed by atoms with Crippen molar-refractivity contribution in [3.8, 4) is 0 Å². The summed E-state index contributed by atoms with van der Waals surface area (Å²) in [6.07, 6.45) is 4.54. The monoisotopic (exact) mass is 543 g/mol. The molecule has 3 aliphatic carbocycles. The number of anilines is 1. The van der Waals surface area contributed by atoms with Crippen LogP contribution < -0.4 is 10.3 Å². The molecule has 2 heterocycles. The van der Waals surface area contributed by atoms with Crippen LogP contribution in [0.5, 0.6) is 0 Å². The number of nitro benzene ring substituents is 1. The van der Waals surface area contributed by atoms with E-state index in [0.717, 1.165) is 27.2 Å². The minimum Gasteiger partial charge on any atom is -0.274 e. The molecule has 1 aromatic heterocycles. The van der Waals surface area contributed by atoms with Crippen LogP contribution in [0.1, 0.15) is 38.5 Å². The molecule has 0 radical (unpaired) electrons. The number of nitrogens with zero attached hydrogens (tertiary/aromatic N) is 4. The second-order valence-electron chi connectivity index (χ2n) is 10.2. The fourth-order valence-corrected chi connectivity index (χ4v) is 6.86. The lowest BCUT2D eigenvalue weighted by Gasteiger charge is -2.52. The Morgan fingerprint density at radius 1 is 0.902 bits per heavy atom. The van der Waals surface area contributed by atoms with Gasteiger partial charge in [-0.15, -0.1) is 0 Å². The number of aromatic nitrogens is 1. The van der Waals surface area contributed by atoms with Gasteiger partial charge in [-0.3, -0.25) is 29.5 Å². The van der Waals surface area contributed by atoms with Gasteiger partial charge in [0.15, 0.2) is 0 Å². The van der Waals surface area contributed by atoms with Gasteiger partial charge in [0, 0.05) is 36.2 Å². The van der Waals surface area contributed by atoms with E-state index in [1.54, 1.807) is 24.4 Å². The predicted molar refractivity (Wildman–Crippen MR) is 148 cm³/mol. The molecule has 1 saturated heterocycles. The van der Waals surface area contributed by atoms with Crippen LogP contribution in [0.15, 0.2) is 102 Å². The van der Waals surface area contributed by atoms with Gasteiger partial charge in [0.1, 0.15) is 5.69 Å². The summed E-state index contributed by atoms with van der Waals surface area (Å²) in [4.78, 5) is 57.6. The zero-order chi connectivity index (χ0) is 28.3. The second kappa shape index (κ2) is 9.02. The fraction of sp³-hybridized carbons (Fsp3) is 0.129. The van der Waals surface area contributed by atoms with Crippen LogP contribution in [0.4, 0.5) is 11.4 Å². The number of rotatable bonds is 5. The molecule has 3 amide bonds. The van der Waals surface area contributed by atoms with Gasteiger partial charge in [0.25, 0.3) is 11.6 Å². The molecule has 0 unspecified atom stereocenters. The maximum atomic E-state index is 14.4. The third-order valence-corrected chi connectivity index (χ3v) is 8.38. The minimum atomic E-state index is -1.22. The molecule has 2 bridgehead atoms. The molecule has 200 valence electrons. The standard InChI is InChI=1S/C31H21N5O5/c37-28(18-13-15-32-16-14-18)34-33-17-31-21-9-3-1-7-19(21)25(20-8-2-4-10-22(20)31)26-27(31)30(39)35(29(26)38)23-11-5-6-12-24(23)36(40)41/h1-17,25-27H,(H,34,37)/b33-17-/t25?,26-,27-,31?/m1/s1. The van der Waals surface area contributed by atoms with Crippen molar-refractivity contribution in [2.45, 2.75) is 11.3 Å². The third-order valence-electron chi connectivity index (χ3n) is 8.38. The summed E-state index contributed by atoms with van der Waals surface area (Å²) in [5.74, 6) is -3.70. The lowest BCUT2D eigenvalue weighted by molar-refractivity contribution is -0.384. The number of benzene rings is 3. The minimum absolute atomic E-state index is 0.0625. The average Bonchev–Trinajstić information content (AvgIpc) is 3.28. The number of carbonyl (C=O) groups is 3. The van der Waals surface area contributed by atoms with E-state index < -0.39 is 45.8 Å². The van der Waals surface area contributed by atoms with E-state index in [1.807, 2.05) is 48.5 Å². The van der Waals surface area contributed by atoms with Crippen molar-refractivity contribution in [1.82, 2.24) is 10.4 Å². The Bertz CT molecular complexity index is 1760. The molecule has 1 fully saturated rings. The first-order valence-electron chi connectivity index (χ1n) is 13.0. The number of pyridine rings is 1. The Morgan fingerprint density at radius 3 is 2.17 bits per heavy atom. The van der Waals surface area contributed by atoms with Crippen LogP contribution >= 0.6 is 0 Å². The number of carbonyl (C=O) groups excluding carboxylic acids is 3. The van der Waals surface area contributed by atoms with Crippen molar-refractivity contribution in [2.75, 3.05) is 4.90 Å². The Balaban J connectivity index is 1.43. The first-order valence-corrected chi connectivity index (χ1v) is 13.0. The molecule has 4 aliphatic rings. The Kier molecular flexibility index (Phi) is 5.40. The maximum absolute atomic E-state index is 14.4. The first kappa shape index (κ1) is 24.5. The number of amides is 3. The highest BCUT2D eigenvalue weighted by Gasteiger charge is 2.68. The summed E-state index contributed by atoms with van der Waals surface area (Å²) in [6.45, 7) is 0. The van der Waals surface area contributed by atoms with Crippen molar-refractivity contribution >= 4 is 35.3 Å².